The largest absolute Gasteiger partial charge is 0.444 e. The fourth-order valence-corrected chi connectivity index (χ4v) is 4.70. The lowest BCUT2D eigenvalue weighted by Crippen LogP contribution is -2.45. The van der Waals surface area contributed by atoms with Crippen molar-refractivity contribution in [1.29, 1.82) is 0 Å². The summed E-state index contributed by atoms with van der Waals surface area (Å²) in [7, 11) is 0. The molecule has 8 nitrogen and oxygen atoms in total. The molecule has 3 rings (SSSR count). The molecule has 3 heterocycles. The highest BCUT2D eigenvalue weighted by Crippen LogP contribution is 2.36. The molecule has 2 aliphatic heterocycles. The van der Waals surface area contributed by atoms with Crippen LogP contribution in [0.15, 0.2) is 9.58 Å². The Balaban J connectivity index is 1.62. The van der Waals surface area contributed by atoms with Crippen molar-refractivity contribution in [2.45, 2.75) is 39.2 Å². The summed E-state index contributed by atoms with van der Waals surface area (Å²) in [4.78, 5) is 22.5. The molecule has 2 aliphatic rings. The molecule has 1 amide bonds. The van der Waals surface area contributed by atoms with E-state index >= 15 is 0 Å². The van der Waals surface area contributed by atoms with Crippen molar-refractivity contribution in [2.24, 2.45) is 9.17 Å². The number of nitrogen functional groups attached to an aromatic ring is 1. The minimum Gasteiger partial charge on any atom is -0.444 e. The number of hydrogen-bond acceptors (Lipinski definition) is 7. The lowest BCUT2D eigenvalue weighted by molar-refractivity contribution is 0.0169. The fraction of sp³-hybridized carbons (Fsp3) is 0.667. The van der Waals surface area contributed by atoms with Gasteiger partial charge in [0, 0.05) is 19.6 Å². The number of nitrogens with two attached hydrogens (primary N) is 1. The minimum absolute atomic E-state index is 0.232. The maximum Gasteiger partial charge on any atom is 0.410 e. The highest BCUT2D eigenvalue weighted by Gasteiger charge is 2.30. The second-order valence-corrected chi connectivity index (χ2v) is 9.07. The van der Waals surface area contributed by atoms with Crippen LogP contribution >= 0.6 is 21.0 Å². The van der Waals surface area contributed by atoms with Crippen LogP contribution in [0.4, 0.5) is 16.4 Å². The van der Waals surface area contributed by atoms with Gasteiger partial charge < -0.3 is 15.4 Å². The van der Waals surface area contributed by atoms with E-state index in [0.29, 0.717) is 18.3 Å². The number of carbonyl (C=O) groups excluding carboxylic acids is 1. The van der Waals surface area contributed by atoms with E-state index < -0.39 is 26.6 Å². The number of aromatic nitrogens is 2. The molecule has 1 saturated heterocycles. The lowest BCUT2D eigenvalue weighted by Gasteiger charge is -2.35. The molecule has 0 bridgehead atoms. The van der Waals surface area contributed by atoms with Gasteiger partial charge in [0.2, 0.25) is 0 Å². The van der Waals surface area contributed by atoms with E-state index in [-0.39, 0.29) is 6.09 Å². The normalized spacial score (nSPS) is 20.5. The standard InChI is InChI=1S/C15H23IN6O2/c1-15(2,3)24-14(23)21-6-4-5-10(7-21)8-22-13-11(16-20-22)12(17)18-9-19-13/h9-10H,4-8H2,1-3H3,(H2,17,18,19). The molecule has 0 spiro atoms. The molecule has 132 valence electrons. The van der Waals surface area contributed by atoms with E-state index in [0.717, 1.165) is 35.3 Å². The molecule has 1 unspecified atom stereocenters. The molecule has 0 saturated carbocycles. The molecule has 0 radical (unpaired) electrons. The maximum atomic E-state index is 12.3. The van der Waals surface area contributed by atoms with Crippen molar-refractivity contribution in [3.63, 3.8) is 0 Å². The van der Waals surface area contributed by atoms with Gasteiger partial charge >= 0.3 is 6.09 Å². The van der Waals surface area contributed by atoms with Crippen molar-refractivity contribution < 1.29 is 9.53 Å². The number of amides is 1. The van der Waals surface area contributed by atoms with Gasteiger partial charge in [-0.1, -0.05) is 0 Å². The summed E-state index contributed by atoms with van der Waals surface area (Å²) >= 11 is -0.516. The highest BCUT2D eigenvalue weighted by atomic mass is 127. The second-order valence-electron chi connectivity index (χ2n) is 7.07. The van der Waals surface area contributed by atoms with Crippen LogP contribution in [-0.4, -0.2) is 46.2 Å². The number of fused-ring (bicyclic) bond motifs is 1. The predicted molar refractivity (Wildman–Crippen MR) is 99.5 cm³/mol. The first kappa shape index (κ1) is 17.3. The highest BCUT2D eigenvalue weighted by molar-refractivity contribution is 14.2. The SMILES string of the molecule is CC(C)(C)OC(=O)N1CCCC(CN2N=Ic3c(N)ncnc32)C1. The molecule has 9 heteroatoms. The van der Waals surface area contributed by atoms with Crippen LogP contribution in [0.5, 0.6) is 0 Å². The van der Waals surface area contributed by atoms with Crippen molar-refractivity contribution >= 4 is 38.8 Å². The number of hydrogen-bond donors (Lipinski definition) is 1. The zero-order chi connectivity index (χ0) is 17.3. The Bertz CT molecular complexity index is 660. The van der Waals surface area contributed by atoms with Crippen LogP contribution in [-0.2, 0) is 4.74 Å². The van der Waals surface area contributed by atoms with E-state index in [1.807, 2.05) is 25.8 Å². The van der Waals surface area contributed by atoms with Crippen LogP contribution in [0.3, 0.4) is 0 Å². The summed E-state index contributed by atoms with van der Waals surface area (Å²) in [5.41, 5.74) is 5.44. The van der Waals surface area contributed by atoms with E-state index in [9.17, 15) is 4.79 Å². The third-order valence-corrected chi connectivity index (χ3v) is 6.11. The van der Waals surface area contributed by atoms with Crippen molar-refractivity contribution in [3.05, 3.63) is 9.90 Å². The molecule has 24 heavy (non-hydrogen) atoms. The van der Waals surface area contributed by atoms with Gasteiger partial charge in [0.05, 0.1) is 21.0 Å². The second kappa shape index (κ2) is 6.77. The van der Waals surface area contributed by atoms with Gasteiger partial charge in [0.15, 0.2) is 5.82 Å². The van der Waals surface area contributed by atoms with Crippen LogP contribution in [0.1, 0.15) is 33.6 Å². The molecule has 1 aromatic rings. The van der Waals surface area contributed by atoms with E-state index in [2.05, 4.69) is 13.2 Å². The van der Waals surface area contributed by atoms with Gasteiger partial charge in [0.1, 0.15) is 21.3 Å². The number of halogens is 1. The first-order valence-corrected chi connectivity index (χ1v) is 10.1. The molecule has 2 N–H and O–H groups in total. The number of likely N-dealkylation sites (tertiary alicyclic amines) is 1. The van der Waals surface area contributed by atoms with Gasteiger partial charge in [-0.25, -0.2) is 19.8 Å². The average Bonchev–Trinajstić information content (AvgIpc) is 2.90. The quantitative estimate of drug-likeness (QED) is 0.702. The number of anilines is 2. The molecule has 1 fully saturated rings. The van der Waals surface area contributed by atoms with Gasteiger partial charge in [0.25, 0.3) is 0 Å². The van der Waals surface area contributed by atoms with Gasteiger partial charge in [-0.3, -0.25) is 0 Å². The number of piperidine rings is 1. The maximum absolute atomic E-state index is 12.3. The van der Waals surface area contributed by atoms with E-state index in [4.69, 9.17) is 10.5 Å². The Morgan fingerprint density at radius 2 is 2.25 bits per heavy atom. The Morgan fingerprint density at radius 3 is 3.00 bits per heavy atom. The zero-order valence-corrected chi connectivity index (χ0v) is 16.4. The molecular weight excluding hydrogens is 423 g/mol. The molecule has 0 aromatic carbocycles. The number of nitrogens with zero attached hydrogens (tertiary/aromatic N) is 5. The molecule has 0 aliphatic carbocycles. The van der Waals surface area contributed by atoms with Crippen LogP contribution < -0.4 is 10.7 Å². The van der Waals surface area contributed by atoms with Gasteiger partial charge in [-0.2, -0.15) is 0 Å². The Morgan fingerprint density at radius 1 is 1.46 bits per heavy atom. The summed E-state index contributed by atoms with van der Waals surface area (Å²) in [6.45, 7) is 7.86. The summed E-state index contributed by atoms with van der Waals surface area (Å²) in [6, 6.07) is 0. The number of carbonyl (C=O) groups is 1. The molecule has 1 aromatic heterocycles. The Kier molecular flexibility index (Phi) is 4.88. The zero-order valence-electron chi connectivity index (χ0n) is 14.2. The van der Waals surface area contributed by atoms with Crippen molar-refractivity contribution in [1.82, 2.24) is 14.9 Å². The summed E-state index contributed by atoms with van der Waals surface area (Å²) in [5, 5.41) is 1.95. The van der Waals surface area contributed by atoms with Gasteiger partial charge in [-0.05, 0) is 39.5 Å². The van der Waals surface area contributed by atoms with E-state index in [1.165, 1.54) is 6.33 Å². The summed E-state index contributed by atoms with van der Waals surface area (Å²) < 4.78 is 11.1. The van der Waals surface area contributed by atoms with E-state index in [1.54, 1.807) is 4.90 Å². The monoisotopic (exact) mass is 446 g/mol. The van der Waals surface area contributed by atoms with Gasteiger partial charge in [-0.15, -0.1) is 3.25 Å². The first-order valence-electron chi connectivity index (χ1n) is 8.04. The van der Waals surface area contributed by atoms with Crippen molar-refractivity contribution in [2.75, 3.05) is 30.4 Å². The Hall–Kier alpha value is -1.52. The van der Waals surface area contributed by atoms with Crippen molar-refractivity contribution in [3.8, 4) is 0 Å². The number of ether oxygens (including phenoxy) is 1. The van der Waals surface area contributed by atoms with Crippen LogP contribution in [0.25, 0.3) is 0 Å². The lowest BCUT2D eigenvalue weighted by atomic mass is 9.98. The van der Waals surface area contributed by atoms with Crippen LogP contribution in [0.2, 0.25) is 0 Å². The smallest absolute Gasteiger partial charge is 0.410 e. The topological polar surface area (TPSA) is 96.9 Å². The minimum atomic E-state index is -0.516. The molecule has 1 atom stereocenters. The first-order chi connectivity index (χ1) is 11.3. The van der Waals surface area contributed by atoms with Crippen LogP contribution in [0, 0.1) is 9.49 Å². The number of rotatable bonds is 2. The summed E-state index contributed by atoms with van der Waals surface area (Å²) in [6.07, 6.45) is 3.30. The fourth-order valence-electron chi connectivity index (χ4n) is 2.82. The Labute approximate surface area is 151 Å². The summed E-state index contributed by atoms with van der Waals surface area (Å²) in [5.74, 6) is 1.73. The average molecular weight is 446 g/mol. The third kappa shape index (κ3) is 3.93. The molecular formula is C15H23IN6O2. The predicted octanol–water partition coefficient (Wildman–Crippen LogP) is 2.76. The third-order valence-electron chi connectivity index (χ3n) is 3.86.